The second kappa shape index (κ2) is 7.19. The lowest BCUT2D eigenvalue weighted by atomic mass is 10.1. The van der Waals surface area contributed by atoms with E-state index in [9.17, 15) is 13.6 Å². The molecule has 1 saturated carbocycles. The maximum absolute atomic E-state index is 13.4. The molecular formula is C22H21F2N3O. The van der Waals surface area contributed by atoms with Crippen molar-refractivity contribution in [2.75, 3.05) is 5.32 Å². The van der Waals surface area contributed by atoms with Crippen LogP contribution in [0.2, 0.25) is 0 Å². The monoisotopic (exact) mass is 381 g/mol. The van der Waals surface area contributed by atoms with Gasteiger partial charge in [0, 0.05) is 17.3 Å². The van der Waals surface area contributed by atoms with Gasteiger partial charge in [-0.2, -0.15) is 5.10 Å². The molecule has 28 heavy (non-hydrogen) atoms. The Bertz CT molecular complexity index is 1040. The topological polar surface area (TPSA) is 46.9 Å². The fraction of sp³-hybridized carbons (Fsp3) is 0.273. The highest BCUT2D eigenvalue weighted by Gasteiger charge is 2.44. The van der Waals surface area contributed by atoms with Gasteiger partial charge in [0.1, 0.15) is 0 Å². The number of aromatic nitrogens is 2. The summed E-state index contributed by atoms with van der Waals surface area (Å²) in [6.45, 7) is 4.60. The van der Waals surface area contributed by atoms with Crippen molar-refractivity contribution in [2.45, 2.75) is 32.7 Å². The third-order valence-electron chi connectivity index (χ3n) is 5.13. The van der Waals surface area contributed by atoms with Crippen molar-refractivity contribution in [3.63, 3.8) is 0 Å². The molecule has 0 radical (unpaired) electrons. The molecule has 3 aromatic rings. The van der Waals surface area contributed by atoms with Crippen LogP contribution in [0.5, 0.6) is 0 Å². The summed E-state index contributed by atoms with van der Waals surface area (Å²) in [6, 6.07) is 13.5. The van der Waals surface area contributed by atoms with E-state index in [-0.39, 0.29) is 17.7 Å². The number of benzene rings is 2. The normalized spacial score (nSPS) is 18.1. The number of rotatable bonds is 5. The van der Waals surface area contributed by atoms with E-state index in [0.29, 0.717) is 18.5 Å². The number of halogens is 2. The Kier molecular flexibility index (Phi) is 4.71. The molecule has 4 nitrogen and oxygen atoms in total. The Morgan fingerprint density at radius 1 is 1.14 bits per heavy atom. The van der Waals surface area contributed by atoms with E-state index in [1.54, 1.807) is 6.07 Å². The van der Waals surface area contributed by atoms with Crippen LogP contribution >= 0.6 is 0 Å². The van der Waals surface area contributed by atoms with Crippen molar-refractivity contribution >= 4 is 11.6 Å². The van der Waals surface area contributed by atoms with Gasteiger partial charge in [0.05, 0.1) is 12.2 Å². The lowest BCUT2D eigenvalue weighted by molar-refractivity contribution is -0.117. The number of aryl methyl sites for hydroxylation is 2. The number of carbonyl (C=O) groups is 1. The quantitative estimate of drug-likeness (QED) is 0.704. The predicted molar refractivity (Wildman–Crippen MR) is 103 cm³/mol. The first kappa shape index (κ1) is 18.3. The zero-order valence-electron chi connectivity index (χ0n) is 15.7. The lowest BCUT2D eigenvalue weighted by Crippen LogP contribution is -2.15. The molecule has 1 aliphatic carbocycles. The number of hydrogen-bond donors (Lipinski definition) is 1. The van der Waals surface area contributed by atoms with Crippen molar-refractivity contribution in [3.8, 4) is 0 Å². The second-order valence-electron chi connectivity index (χ2n) is 7.40. The third-order valence-corrected chi connectivity index (χ3v) is 5.13. The minimum atomic E-state index is -0.875. The molecule has 1 fully saturated rings. The van der Waals surface area contributed by atoms with Gasteiger partial charge in [-0.25, -0.2) is 8.78 Å². The summed E-state index contributed by atoms with van der Waals surface area (Å²) >= 11 is 0. The average Bonchev–Trinajstić information content (AvgIpc) is 3.38. The van der Waals surface area contributed by atoms with Crippen LogP contribution in [0.1, 0.15) is 34.9 Å². The van der Waals surface area contributed by atoms with Crippen LogP contribution < -0.4 is 5.32 Å². The van der Waals surface area contributed by atoms with E-state index < -0.39 is 11.6 Å². The molecule has 1 aromatic heterocycles. The molecule has 1 aliphatic rings. The molecule has 1 amide bonds. The summed E-state index contributed by atoms with van der Waals surface area (Å²) in [5.74, 6) is -2.12. The van der Waals surface area contributed by atoms with Gasteiger partial charge >= 0.3 is 0 Å². The molecule has 0 spiro atoms. The number of anilines is 1. The SMILES string of the molecule is Cc1cc(C)n(Cc2cccc(NC(=O)C3CC3c3ccc(F)c(F)c3)c2)n1. The van der Waals surface area contributed by atoms with E-state index >= 15 is 0 Å². The van der Waals surface area contributed by atoms with Crippen LogP contribution in [0.15, 0.2) is 48.5 Å². The van der Waals surface area contributed by atoms with Crippen molar-refractivity contribution in [1.29, 1.82) is 0 Å². The Balaban J connectivity index is 1.41. The van der Waals surface area contributed by atoms with Gasteiger partial charge < -0.3 is 5.32 Å². The third kappa shape index (κ3) is 3.81. The van der Waals surface area contributed by atoms with Crippen LogP contribution in [-0.2, 0) is 11.3 Å². The summed E-state index contributed by atoms with van der Waals surface area (Å²) in [6.07, 6.45) is 0.641. The summed E-state index contributed by atoms with van der Waals surface area (Å²) in [5, 5.41) is 7.40. The standard InChI is InChI=1S/C22H21F2N3O/c1-13-8-14(2)27(26-13)12-15-4-3-5-17(9-15)25-22(28)19-11-18(19)16-6-7-20(23)21(24)10-16/h3-10,18-19H,11-12H2,1-2H3,(H,25,28). The average molecular weight is 381 g/mol. The predicted octanol–water partition coefficient (Wildman–Crippen LogP) is 4.57. The van der Waals surface area contributed by atoms with Crippen molar-refractivity contribution in [2.24, 2.45) is 5.92 Å². The molecular weight excluding hydrogens is 360 g/mol. The summed E-state index contributed by atoms with van der Waals surface area (Å²) in [5.41, 5.74) is 4.48. The Hall–Kier alpha value is -3.02. The van der Waals surface area contributed by atoms with Gasteiger partial charge in [-0.15, -0.1) is 0 Å². The highest BCUT2D eigenvalue weighted by atomic mass is 19.2. The molecule has 2 atom stereocenters. The number of carbonyl (C=O) groups excluding carboxylic acids is 1. The number of amides is 1. The Labute approximate surface area is 162 Å². The molecule has 4 rings (SSSR count). The van der Waals surface area contributed by atoms with Crippen LogP contribution in [0.25, 0.3) is 0 Å². The van der Waals surface area contributed by atoms with Gasteiger partial charge in [-0.3, -0.25) is 9.48 Å². The fourth-order valence-electron chi connectivity index (χ4n) is 3.59. The molecule has 0 aliphatic heterocycles. The molecule has 6 heteroatoms. The van der Waals surface area contributed by atoms with E-state index in [1.165, 1.54) is 6.07 Å². The molecule has 0 saturated heterocycles. The first-order valence-electron chi connectivity index (χ1n) is 9.26. The second-order valence-corrected chi connectivity index (χ2v) is 7.40. The van der Waals surface area contributed by atoms with Gasteiger partial charge in [0.25, 0.3) is 0 Å². The highest BCUT2D eigenvalue weighted by Crippen LogP contribution is 2.48. The largest absolute Gasteiger partial charge is 0.326 e. The van der Waals surface area contributed by atoms with E-state index in [2.05, 4.69) is 10.4 Å². The molecule has 144 valence electrons. The van der Waals surface area contributed by atoms with E-state index in [1.807, 2.05) is 48.9 Å². The Morgan fingerprint density at radius 3 is 2.68 bits per heavy atom. The van der Waals surface area contributed by atoms with Gasteiger partial charge in [0.15, 0.2) is 11.6 Å². The van der Waals surface area contributed by atoms with Crippen LogP contribution in [-0.4, -0.2) is 15.7 Å². The van der Waals surface area contributed by atoms with Gasteiger partial charge in [-0.1, -0.05) is 18.2 Å². The van der Waals surface area contributed by atoms with Crippen molar-refractivity contribution in [1.82, 2.24) is 9.78 Å². The minimum Gasteiger partial charge on any atom is -0.326 e. The summed E-state index contributed by atoms with van der Waals surface area (Å²) in [4.78, 5) is 12.5. The number of nitrogens with zero attached hydrogens (tertiary/aromatic N) is 2. The lowest BCUT2D eigenvalue weighted by Gasteiger charge is -2.09. The molecule has 2 unspecified atom stereocenters. The smallest absolute Gasteiger partial charge is 0.228 e. The maximum atomic E-state index is 13.4. The zero-order chi connectivity index (χ0) is 19.8. The van der Waals surface area contributed by atoms with Gasteiger partial charge in [0.2, 0.25) is 5.91 Å². The molecule has 2 aromatic carbocycles. The van der Waals surface area contributed by atoms with Gasteiger partial charge in [-0.05, 0) is 67.6 Å². The zero-order valence-corrected chi connectivity index (χ0v) is 15.7. The first-order valence-corrected chi connectivity index (χ1v) is 9.26. The first-order chi connectivity index (χ1) is 13.4. The van der Waals surface area contributed by atoms with Crippen LogP contribution in [0.4, 0.5) is 14.5 Å². The van der Waals surface area contributed by atoms with E-state index in [0.717, 1.165) is 28.7 Å². The maximum Gasteiger partial charge on any atom is 0.228 e. The summed E-state index contributed by atoms with van der Waals surface area (Å²) in [7, 11) is 0. The van der Waals surface area contributed by atoms with Crippen molar-refractivity contribution < 1.29 is 13.6 Å². The van der Waals surface area contributed by atoms with E-state index in [4.69, 9.17) is 0 Å². The summed E-state index contributed by atoms with van der Waals surface area (Å²) < 4.78 is 28.4. The molecule has 1 heterocycles. The molecule has 0 bridgehead atoms. The highest BCUT2D eigenvalue weighted by molar-refractivity contribution is 5.95. The van der Waals surface area contributed by atoms with Crippen LogP contribution in [0.3, 0.4) is 0 Å². The van der Waals surface area contributed by atoms with Crippen molar-refractivity contribution in [3.05, 3.63) is 82.7 Å². The number of hydrogen-bond acceptors (Lipinski definition) is 2. The molecule has 1 N–H and O–H groups in total. The number of nitrogens with one attached hydrogen (secondary N) is 1. The Morgan fingerprint density at radius 2 is 1.96 bits per heavy atom. The fourth-order valence-corrected chi connectivity index (χ4v) is 3.59. The minimum absolute atomic E-state index is 0.0621. The van der Waals surface area contributed by atoms with Crippen LogP contribution in [0, 0.1) is 31.4 Å².